The van der Waals surface area contributed by atoms with E-state index in [1.807, 2.05) is 18.4 Å². The van der Waals surface area contributed by atoms with Gasteiger partial charge >= 0.3 is 0 Å². The van der Waals surface area contributed by atoms with Crippen LogP contribution in [-0.4, -0.2) is 15.8 Å². The summed E-state index contributed by atoms with van der Waals surface area (Å²) in [5.74, 6) is 0.0748. The third kappa shape index (κ3) is 2.68. The van der Waals surface area contributed by atoms with Crippen LogP contribution in [0, 0.1) is 0 Å². The van der Waals surface area contributed by atoms with E-state index in [-0.39, 0.29) is 5.78 Å². The molecule has 0 aliphatic carbocycles. The van der Waals surface area contributed by atoms with E-state index >= 15 is 0 Å². The second-order valence-electron chi connectivity index (χ2n) is 3.06. The fourth-order valence-electron chi connectivity index (χ4n) is 1.15. The standard InChI is InChI=1S/C11H10N2OS2/c1-2-10(14)9-4-3-8(7-13-9)16-11-12-5-6-15-11/h3-7H,2H2,1H3. The van der Waals surface area contributed by atoms with E-state index in [1.165, 1.54) is 0 Å². The average molecular weight is 250 g/mol. The normalized spacial score (nSPS) is 10.3. The van der Waals surface area contributed by atoms with Crippen molar-refractivity contribution in [1.82, 2.24) is 9.97 Å². The maximum atomic E-state index is 11.4. The van der Waals surface area contributed by atoms with Crippen LogP contribution in [0.3, 0.4) is 0 Å². The van der Waals surface area contributed by atoms with Crippen molar-refractivity contribution >= 4 is 28.9 Å². The Labute approximate surface area is 102 Å². The summed E-state index contributed by atoms with van der Waals surface area (Å²) < 4.78 is 0.983. The summed E-state index contributed by atoms with van der Waals surface area (Å²) in [6.07, 6.45) is 3.98. The Balaban J connectivity index is 2.10. The van der Waals surface area contributed by atoms with Crippen LogP contribution >= 0.6 is 23.1 Å². The maximum Gasteiger partial charge on any atom is 0.180 e. The van der Waals surface area contributed by atoms with E-state index in [0.717, 1.165) is 9.24 Å². The number of carbonyl (C=O) groups is 1. The highest BCUT2D eigenvalue weighted by atomic mass is 32.2. The fraction of sp³-hybridized carbons (Fsp3) is 0.182. The van der Waals surface area contributed by atoms with Crippen molar-refractivity contribution in [3.63, 3.8) is 0 Å². The first-order chi connectivity index (χ1) is 7.79. The Hall–Kier alpha value is -1.20. The molecular formula is C11H10N2OS2. The number of nitrogens with zero attached hydrogens (tertiary/aromatic N) is 2. The number of Topliss-reactive ketones (excluding diaryl/α,β-unsaturated/α-hetero) is 1. The van der Waals surface area contributed by atoms with E-state index in [1.54, 1.807) is 41.6 Å². The number of rotatable bonds is 4. The van der Waals surface area contributed by atoms with Crippen LogP contribution in [0.25, 0.3) is 0 Å². The van der Waals surface area contributed by atoms with E-state index in [0.29, 0.717) is 12.1 Å². The Morgan fingerprint density at radius 1 is 1.44 bits per heavy atom. The predicted molar refractivity (Wildman–Crippen MR) is 65.1 cm³/mol. The molecule has 0 radical (unpaired) electrons. The van der Waals surface area contributed by atoms with E-state index in [4.69, 9.17) is 0 Å². The molecule has 0 aromatic carbocycles. The van der Waals surface area contributed by atoms with Gasteiger partial charge < -0.3 is 0 Å². The van der Waals surface area contributed by atoms with Crippen molar-refractivity contribution in [2.24, 2.45) is 0 Å². The Morgan fingerprint density at radius 3 is 2.88 bits per heavy atom. The molecule has 0 bridgehead atoms. The number of carbonyl (C=O) groups excluding carboxylic acids is 1. The first-order valence-electron chi connectivity index (χ1n) is 4.86. The van der Waals surface area contributed by atoms with Gasteiger partial charge in [-0.05, 0) is 12.1 Å². The molecule has 0 atom stereocenters. The first kappa shape index (κ1) is 11.3. The largest absolute Gasteiger partial charge is 0.292 e. The Bertz CT molecular complexity index is 465. The summed E-state index contributed by atoms with van der Waals surface area (Å²) in [5, 5.41) is 1.94. The summed E-state index contributed by atoms with van der Waals surface area (Å²) in [4.78, 5) is 20.7. The number of aromatic nitrogens is 2. The van der Waals surface area contributed by atoms with Crippen LogP contribution in [0.1, 0.15) is 23.8 Å². The molecule has 0 aliphatic heterocycles. The molecule has 0 saturated heterocycles. The number of thiazole rings is 1. The number of pyridine rings is 1. The molecule has 2 aromatic heterocycles. The van der Waals surface area contributed by atoms with Gasteiger partial charge in [-0.1, -0.05) is 18.7 Å². The van der Waals surface area contributed by atoms with Gasteiger partial charge in [0, 0.05) is 29.1 Å². The smallest absolute Gasteiger partial charge is 0.180 e. The van der Waals surface area contributed by atoms with Gasteiger partial charge in [0.25, 0.3) is 0 Å². The zero-order valence-corrected chi connectivity index (χ0v) is 10.3. The zero-order valence-electron chi connectivity index (χ0n) is 8.71. The van der Waals surface area contributed by atoms with E-state index in [2.05, 4.69) is 9.97 Å². The topological polar surface area (TPSA) is 42.9 Å². The van der Waals surface area contributed by atoms with E-state index < -0.39 is 0 Å². The first-order valence-corrected chi connectivity index (χ1v) is 6.56. The number of hydrogen-bond acceptors (Lipinski definition) is 5. The van der Waals surface area contributed by atoms with Gasteiger partial charge in [0.1, 0.15) is 5.69 Å². The van der Waals surface area contributed by atoms with Gasteiger partial charge in [-0.3, -0.25) is 9.78 Å². The van der Waals surface area contributed by atoms with Crippen LogP contribution in [0.4, 0.5) is 0 Å². The summed E-state index contributed by atoms with van der Waals surface area (Å²) >= 11 is 3.15. The van der Waals surface area contributed by atoms with Gasteiger partial charge in [0.15, 0.2) is 10.1 Å². The molecule has 0 N–H and O–H groups in total. The lowest BCUT2D eigenvalue weighted by atomic mass is 10.2. The van der Waals surface area contributed by atoms with Gasteiger partial charge in [0.2, 0.25) is 0 Å². The summed E-state index contributed by atoms with van der Waals surface area (Å²) in [5.41, 5.74) is 0.533. The molecule has 2 rings (SSSR count). The average Bonchev–Trinajstić information content (AvgIpc) is 2.82. The lowest BCUT2D eigenvalue weighted by Crippen LogP contribution is -1.99. The molecule has 0 amide bonds. The number of hydrogen-bond donors (Lipinski definition) is 0. The molecule has 2 aromatic rings. The molecule has 0 fully saturated rings. The minimum Gasteiger partial charge on any atom is -0.292 e. The van der Waals surface area contributed by atoms with Gasteiger partial charge in [-0.15, -0.1) is 11.3 Å². The molecule has 5 heteroatoms. The van der Waals surface area contributed by atoms with Gasteiger partial charge in [0.05, 0.1) is 0 Å². The second-order valence-corrected chi connectivity index (χ2v) is 5.27. The molecular weight excluding hydrogens is 240 g/mol. The molecule has 2 heterocycles. The SMILES string of the molecule is CCC(=O)c1ccc(Sc2nccs2)cn1. The molecule has 3 nitrogen and oxygen atoms in total. The van der Waals surface area contributed by atoms with Crippen molar-refractivity contribution in [2.45, 2.75) is 22.6 Å². The second kappa shape index (κ2) is 5.23. The molecule has 16 heavy (non-hydrogen) atoms. The molecule has 0 aliphatic rings. The molecule has 0 spiro atoms. The fourth-order valence-corrected chi connectivity index (χ4v) is 2.71. The van der Waals surface area contributed by atoms with Crippen molar-refractivity contribution < 1.29 is 4.79 Å². The van der Waals surface area contributed by atoms with Gasteiger partial charge in [-0.2, -0.15) is 0 Å². The van der Waals surface area contributed by atoms with Gasteiger partial charge in [-0.25, -0.2) is 4.98 Å². The third-order valence-corrected chi connectivity index (χ3v) is 3.82. The Kier molecular flexibility index (Phi) is 3.69. The van der Waals surface area contributed by atoms with E-state index in [9.17, 15) is 4.79 Å². The summed E-state index contributed by atoms with van der Waals surface area (Å²) in [7, 11) is 0. The monoisotopic (exact) mass is 250 g/mol. The third-order valence-electron chi connectivity index (χ3n) is 1.96. The van der Waals surface area contributed by atoms with Crippen LogP contribution in [0.15, 0.2) is 39.1 Å². The lowest BCUT2D eigenvalue weighted by molar-refractivity contribution is 0.0983. The summed E-state index contributed by atoms with van der Waals surface area (Å²) in [6, 6.07) is 3.67. The highest BCUT2D eigenvalue weighted by Gasteiger charge is 2.05. The predicted octanol–water partition coefficient (Wildman–Crippen LogP) is 3.28. The van der Waals surface area contributed by atoms with Crippen molar-refractivity contribution in [3.05, 3.63) is 35.6 Å². The molecule has 0 saturated carbocycles. The Morgan fingerprint density at radius 2 is 2.31 bits per heavy atom. The lowest BCUT2D eigenvalue weighted by Gasteiger charge is -1.99. The highest BCUT2D eigenvalue weighted by Crippen LogP contribution is 2.28. The highest BCUT2D eigenvalue weighted by molar-refractivity contribution is 8.01. The van der Waals surface area contributed by atoms with Crippen LogP contribution in [0.2, 0.25) is 0 Å². The quantitative estimate of drug-likeness (QED) is 0.781. The van der Waals surface area contributed by atoms with Crippen molar-refractivity contribution in [3.8, 4) is 0 Å². The summed E-state index contributed by atoms with van der Waals surface area (Å²) in [6.45, 7) is 1.84. The van der Waals surface area contributed by atoms with Crippen molar-refractivity contribution in [2.75, 3.05) is 0 Å². The molecule has 82 valence electrons. The van der Waals surface area contributed by atoms with Crippen LogP contribution < -0.4 is 0 Å². The minimum absolute atomic E-state index is 0.0748. The molecule has 0 unspecified atom stereocenters. The van der Waals surface area contributed by atoms with Crippen molar-refractivity contribution in [1.29, 1.82) is 0 Å². The van der Waals surface area contributed by atoms with Crippen LogP contribution in [0.5, 0.6) is 0 Å². The zero-order chi connectivity index (χ0) is 11.4. The van der Waals surface area contributed by atoms with Crippen LogP contribution in [-0.2, 0) is 0 Å². The maximum absolute atomic E-state index is 11.4. The number of ketones is 1. The minimum atomic E-state index is 0.0748.